The van der Waals surface area contributed by atoms with Crippen molar-refractivity contribution in [3.05, 3.63) is 58.0 Å². The van der Waals surface area contributed by atoms with Gasteiger partial charge in [-0.25, -0.2) is 9.97 Å². The molecule has 2 N–H and O–H groups in total. The number of aromatic nitrogens is 4. The summed E-state index contributed by atoms with van der Waals surface area (Å²) in [6, 6.07) is 8.32. The number of hydrogen-bond donors (Lipinski definition) is 1. The largest absolute Gasteiger partial charge is 0.330 e. The lowest BCUT2D eigenvalue weighted by Crippen LogP contribution is -2.20. The fourth-order valence-corrected chi connectivity index (χ4v) is 5.83. The van der Waals surface area contributed by atoms with Crippen LogP contribution in [-0.2, 0) is 6.42 Å². The molecule has 1 saturated carbocycles. The van der Waals surface area contributed by atoms with E-state index in [2.05, 4.69) is 41.9 Å². The van der Waals surface area contributed by atoms with Crippen molar-refractivity contribution in [1.82, 2.24) is 18.9 Å². The fourth-order valence-electron chi connectivity index (χ4n) is 5.43. The molecule has 1 unspecified atom stereocenters. The summed E-state index contributed by atoms with van der Waals surface area (Å²) >= 11 is 6.78. The highest BCUT2D eigenvalue weighted by atomic mass is 35.5. The first-order valence-electron chi connectivity index (χ1n) is 11.8. The molecule has 3 aromatic heterocycles. The van der Waals surface area contributed by atoms with Crippen LogP contribution in [0.15, 0.2) is 30.5 Å². The van der Waals surface area contributed by atoms with Gasteiger partial charge in [-0.05, 0) is 87.7 Å². The molecule has 3 heterocycles. The average Bonchev–Trinajstić information content (AvgIpc) is 3.18. The first-order valence-corrected chi connectivity index (χ1v) is 12.2. The van der Waals surface area contributed by atoms with E-state index in [-0.39, 0.29) is 0 Å². The van der Waals surface area contributed by atoms with Gasteiger partial charge in [-0.1, -0.05) is 36.9 Å². The Morgan fingerprint density at radius 2 is 2.03 bits per heavy atom. The van der Waals surface area contributed by atoms with Crippen LogP contribution in [0.25, 0.3) is 22.6 Å². The van der Waals surface area contributed by atoms with E-state index in [0.29, 0.717) is 5.92 Å². The summed E-state index contributed by atoms with van der Waals surface area (Å²) in [6.45, 7) is 7.04. The summed E-state index contributed by atoms with van der Waals surface area (Å²) in [7, 11) is 0. The number of pyridine rings is 1. The third-order valence-electron chi connectivity index (χ3n) is 7.14. The lowest BCUT2D eigenvalue weighted by Gasteiger charge is -2.29. The number of hydrogen-bond acceptors (Lipinski definition) is 3. The van der Waals surface area contributed by atoms with Crippen molar-refractivity contribution < 1.29 is 0 Å². The molecule has 4 aromatic rings. The number of rotatable bonds is 7. The van der Waals surface area contributed by atoms with Crippen LogP contribution in [0.2, 0.25) is 5.02 Å². The Morgan fingerprint density at radius 3 is 2.72 bits per heavy atom. The Balaban J connectivity index is 1.69. The fraction of sp³-hybridized carbons (Fsp3) is 0.462. The second-order valence-electron chi connectivity index (χ2n) is 9.55. The second kappa shape index (κ2) is 8.53. The summed E-state index contributed by atoms with van der Waals surface area (Å²) in [4.78, 5) is 9.81. The first kappa shape index (κ1) is 21.5. The maximum absolute atomic E-state index is 6.78. The third kappa shape index (κ3) is 3.61. The molecule has 0 saturated heterocycles. The smallest absolute Gasteiger partial charge is 0.221 e. The Kier molecular flexibility index (Phi) is 5.72. The van der Waals surface area contributed by atoms with Crippen molar-refractivity contribution in [2.45, 2.75) is 59.3 Å². The Labute approximate surface area is 194 Å². The molecule has 5 nitrogen and oxygen atoms in total. The molecular formula is C26H32ClN5. The number of nitrogens with two attached hydrogens (primary N) is 1. The Bertz CT molecular complexity index is 1260. The molecule has 0 spiro atoms. The number of imidazole rings is 2. The van der Waals surface area contributed by atoms with Gasteiger partial charge < -0.3 is 5.73 Å². The van der Waals surface area contributed by atoms with Gasteiger partial charge in [0.1, 0.15) is 0 Å². The second-order valence-corrected chi connectivity index (χ2v) is 9.96. The van der Waals surface area contributed by atoms with E-state index in [1.54, 1.807) is 0 Å². The van der Waals surface area contributed by atoms with E-state index in [4.69, 9.17) is 27.3 Å². The molecule has 5 rings (SSSR count). The molecule has 168 valence electrons. The monoisotopic (exact) mass is 449 g/mol. The minimum absolute atomic E-state index is 0.587. The highest BCUT2D eigenvalue weighted by Crippen LogP contribution is 2.36. The molecule has 1 aliphatic carbocycles. The number of halogens is 1. The van der Waals surface area contributed by atoms with Gasteiger partial charge in [-0.15, -0.1) is 0 Å². The molecule has 0 amide bonds. The summed E-state index contributed by atoms with van der Waals surface area (Å²) in [5.41, 5.74) is 13.6. The van der Waals surface area contributed by atoms with Gasteiger partial charge in [-0.3, -0.25) is 8.97 Å². The highest BCUT2D eigenvalue weighted by molar-refractivity contribution is 6.32. The van der Waals surface area contributed by atoms with E-state index in [1.165, 1.54) is 31.4 Å². The van der Waals surface area contributed by atoms with Crippen molar-refractivity contribution in [3.63, 3.8) is 0 Å². The van der Waals surface area contributed by atoms with Crippen LogP contribution >= 0.6 is 11.6 Å². The predicted octanol–water partition coefficient (Wildman–Crippen LogP) is 5.95. The molecule has 1 fully saturated rings. The van der Waals surface area contributed by atoms with Gasteiger partial charge in [-0.2, -0.15) is 0 Å². The molecule has 1 aliphatic rings. The van der Waals surface area contributed by atoms with Crippen molar-refractivity contribution in [2.75, 3.05) is 6.54 Å². The standard InChI is InChI=1S/C26H32ClN5/c1-16-12-17(2)24(21(27)13-16)32-25-22(8-5-11-29-25)31-23(18(3)30-26(31)32)15-20(9-10-28)14-19-6-4-7-19/h5,8,11-13,19-20H,4,6-7,9-10,14-15,28H2,1-3H3. The van der Waals surface area contributed by atoms with Crippen LogP contribution in [-0.4, -0.2) is 25.5 Å². The summed E-state index contributed by atoms with van der Waals surface area (Å²) in [6.07, 6.45) is 9.29. The van der Waals surface area contributed by atoms with Crippen LogP contribution in [0.3, 0.4) is 0 Å². The maximum Gasteiger partial charge on any atom is 0.221 e. The van der Waals surface area contributed by atoms with Crippen LogP contribution in [0.1, 0.15) is 54.6 Å². The zero-order valence-electron chi connectivity index (χ0n) is 19.2. The molecule has 6 heteroatoms. The van der Waals surface area contributed by atoms with Crippen LogP contribution in [0.5, 0.6) is 0 Å². The Morgan fingerprint density at radius 1 is 1.22 bits per heavy atom. The normalized spacial score (nSPS) is 15.5. The summed E-state index contributed by atoms with van der Waals surface area (Å²) in [5.74, 6) is 2.34. The molecule has 32 heavy (non-hydrogen) atoms. The average molecular weight is 450 g/mol. The topological polar surface area (TPSA) is 61.1 Å². The van der Waals surface area contributed by atoms with Crippen molar-refractivity contribution >= 4 is 28.5 Å². The van der Waals surface area contributed by atoms with E-state index in [0.717, 1.165) is 69.8 Å². The molecule has 1 atom stereocenters. The predicted molar refractivity (Wildman–Crippen MR) is 132 cm³/mol. The van der Waals surface area contributed by atoms with Gasteiger partial charge in [0.15, 0.2) is 5.65 Å². The van der Waals surface area contributed by atoms with Gasteiger partial charge in [0.05, 0.1) is 21.9 Å². The highest BCUT2D eigenvalue weighted by Gasteiger charge is 2.26. The van der Waals surface area contributed by atoms with Gasteiger partial charge in [0, 0.05) is 11.9 Å². The quantitative estimate of drug-likeness (QED) is 0.379. The summed E-state index contributed by atoms with van der Waals surface area (Å²) in [5, 5.41) is 0.723. The molecule has 1 aromatic carbocycles. The molecule has 0 bridgehead atoms. The van der Waals surface area contributed by atoms with Gasteiger partial charge in [0.2, 0.25) is 5.78 Å². The van der Waals surface area contributed by atoms with Gasteiger partial charge >= 0.3 is 0 Å². The van der Waals surface area contributed by atoms with E-state index in [9.17, 15) is 0 Å². The zero-order valence-corrected chi connectivity index (χ0v) is 20.0. The molecule has 0 aliphatic heterocycles. The van der Waals surface area contributed by atoms with E-state index < -0.39 is 0 Å². The van der Waals surface area contributed by atoms with Crippen LogP contribution < -0.4 is 5.73 Å². The van der Waals surface area contributed by atoms with E-state index in [1.807, 2.05) is 18.3 Å². The lowest BCUT2D eigenvalue weighted by molar-refractivity contribution is 0.241. The minimum Gasteiger partial charge on any atom is -0.330 e. The SMILES string of the molecule is Cc1cc(C)c(-n2c3ncccc3n3c(CC(CCN)CC4CCC4)c(C)nc23)c(Cl)c1. The van der Waals surface area contributed by atoms with Crippen molar-refractivity contribution in [2.24, 2.45) is 17.6 Å². The summed E-state index contributed by atoms with van der Waals surface area (Å²) < 4.78 is 4.43. The van der Waals surface area contributed by atoms with Crippen LogP contribution in [0.4, 0.5) is 0 Å². The van der Waals surface area contributed by atoms with Crippen molar-refractivity contribution in [3.8, 4) is 5.69 Å². The zero-order chi connectivity index (χ0) is 22.4. The lowest BCUT2D eigenvalue weighted by atomic mass is 9.77. The third-order valence-corrected chi connectivity index (χ3v) is 7.43. The number of aryl methyl sites for hydroxylation is 3. The number of nitrogens with zero attached hydrogens (tertiary/aromatic N) is 4. The molecular weight excluding hydrogens is 418 g/mol. The number of benzene rings is 1. The van der Waals surface area contributed by atoms with E-state index >= 15 is 0 Å². The van der Waals surface area contributed by atoms with Crippen LogP contribution in [0, 0.1) is 32.6 Å². The first-order chi connectivity index (χ1) is 15.5. The minimum atomic E-state index is 0.587. The Hall–Kier alpha value is -2.37. The molecule has 0 radical (unpaired) electrons. The van der Waals surface area contributed by atoms with Crippen molar-refractivity contribution in [1.29, 1.82) is 0 Å². The van der Waals surface area contributed by atoms with Gasteiger partial charge in [0.25, 0.3) is 0 Å². The maximum atomic E-state index is 6.78. The number of fused-ring (bicyclic) bond motifs is 3.